The molecule has 1 aliphatic rings. The molecule has 13 nitrogen and oxygen atoms in total. The number of ether oxygens (including phenoxy) is 1. The lowest BCUT2D eigenvalue weighted by Crippen LogP contribution is -2.57. The topological polar surface area (TPSA) is 165 Å². The van der Waals surface area contributed by atoms with Crippen LogP contribution in [0.15, 0.2) is 48.5 Å². The third kappa shape index (κ3) is 14.3. The number of benzene rings is 1. The number of methoxy groups -OCH3 is 1. The number of amides is 5. The largest absolute Gasteiger partial charge is 0.453 e. The van der Waals surface area contributed by atoms with E-state index < -0.39 is 41.0 Å². The molecule has 2 aromatic rings. The fourth-order valence-electron chi connectivity index (χ4n) is 6.59. The molecule has 1 aliphatic heterocycles. The van der Waals surface area contributed by atoms with Gasteiger partial charge in [-0.3, -0.25) is 20.0 Å². The van der Waals surface area contributed by atoms with Gasteiger partial charge in [0.15, 0.2) is 0 Å². The third-order valence-corrected chi connectivity index (χ3v) is 9.45. The number of carbonyl (C=O) groups is 4. The summed E-state index contributed by atoms with van der Waals surface area (Å²) >= 11 is 0. The van der Waals surface area contributed by atoms with E-state index in [4.69, 9.17) is 0 Å². The van der Waals surface area contributed by atoms with Crippen molar-refractivity contribution in [3.8, 4) is 0 Å². The minimum absolute atomic E-state index is 0.0508. The lowest BCUT2D eigenvalue weighted by molar-refractivity contribution is -0.133. The number of aryl methyl sites for hydroxylation is 1. The van der Waals surface area contributed by atoms with E-state index in [0.29, 0.717) is 19.5 Å². The molecule has 53 heavy (non-hydrogen) atoms. The van der Waals surface area contributed by atoms with Gasteiger partial charge in [-0.05, 0) is 53.7 Å². The fraction of sp³-hybridized carbons (Fsp3) is 0.625. The van der Waals surface area contributed by atoms with E-state index in [-0.39, 0.29) is 49.3 Å². The van der Waals surface area contributed by atoms with Gasteiger partial charge in [0.05, 0.1) is 43.5 Å². The van der Waals surface area contributed by atoms with Crippen molar-refractivity contribution < 1.29 is 29.0 Å². The predicted molar refractivity (Wildman–Crippen MR) is 205 cm³/mol. The maximum Gasteiger partial charge on any atom is 0.406 e. The van der Waals surface area contributed by atoms with Gasteiger partial charge >= 0.3 is 12.1 Å². The fourth-order valence-corrected chi connectivity index (χ4v) is 6.59. The zero-order valence-corrected chi connectivity index (χ0v) is 33.4. The number of alkyl carbamates (subject to hydrolysis) is 1. The van der Waals surface area contributed by atoms with E-state index in [2.05, 4.69) is 51.9 Å². The second-order valence-electron chi connectivity index (χ2n) is 17.3. The zero-order chi connectivity index (χ0) is 39.6. The predicted octanol–water partition coefficient (Wildman–Crippen LogP) is 4.58. The van der Waals surface area contributed by atoms with Gasteiger partial charge in [-0.2, -0.15) is 0 Å². The van der Waals surface area contributed by atoms with Gasteiger partial charge in [0.2, 0.25) is 11.8 Å². The molecule has 4 atom stereocenters. The maximum atomic E-state index is 14.5. The number of aromatic nitrogens is 1. The van der Waals surface area contributed by atoms with Crippen LogP contribution in [-0.2, 0) is 27.3 Å². The Bertz CT molecular complexity index is 1520. The Morgan fingerprint density at radius 3 is 2.32 bits per heavy atom. The Labute approximate surface area is 316 Å². The molecule has 13 heteroatoms. The first-order valence-corrected chi connectivity index (χ1v) is 18.5. The Hall–Kier alpha value is -4.23. The van der Waals surface area contributed by atoms with E-state index in [1.54, 1.807) is 9.91 Å². The van der Waals surface area contributed by atoms with E-state index in [0.717, 1.165) is 23.4 Å². The first kappa shape index (κ1) is 43.2. The van der Waals surface area contributed by atoms with Crippen molar-refractivity contribution in [1.82, 2.24) is 36.3 Å². The number of hydrogen-bond acceptors (Lipinski definition) is 8. The summed E-state index contributed by atoms with van der Waals surface area (Å²) in [5, 5.41) is 22.5. The van der Waals surface area contributed by atoms with Gasteiger partial charge < -0.3 is 30.7 Å². The molecular formula is C40H63N7O6. The number of aliphatic hydroxyl groups excluding tert-OH is 1. The van der Waals surface area contributed by atoms with Crippen LogP contribution in [0.1, 0.15) is 85.2 Å². The lowest BCUT2D eigenvalue weighted by atomic mass is 9.75. The highest BCUT2D eigenvalue weighted by molar-refractivity contribution is 5.84. The van der Waals surface area contributed by atoms with Gasteiger partial charge in [-0.1, -0.05) is 91.8 Å². The van der Waals surface area contributed by atoms with Gasteiger partial charge in [0.1, 0.15) is 0 Å². The van der Waals surface area contributed by atoms with Gasteiger partial charge in [-0.15, -0.1) is 0 Å². The van der Waals surface area contributed by atoms with Crippen LogP contribution in [0.4, 0.5) is 9.59 Å². The summed E-state index contributed by atoms with van der Waals surface area (Å²) in [6.07, 6.45) is -0.468. The summed E-state index contributed by atoms with van der Waals surface area (Å²) in [4.78, 5) is 59.0. The van der Waals surface area contributed by atoms with Crippen molar-refractivity contribution in [3.05, 3.63) is 65.5 Å². The number of hydrazine groups is 1. The molecule has 5 amide bonds. The van der Waals surface area contributed by atoms with E-state index in [1.165, 1.54) is 7.11 Å². The first-order chi connectivity index (χ1) is 24.7. The van der Waals surface area contributed by atoms with Crippen LogP contribution in [-0.4, -0.2) is 95.4 Å². The molecule has 1 aromatic heterocycles. The summed E-state index contributed by atoms with van der Waals surface area (Å²) in [5.74, 6) is -1.17. The Morgan fingerprint density at radius 1 is 1.04 bits per heavy atom. The number of pyridine rings is 1. The molecule has 1 saturated heterocycles. The first-order valence-electron chi connectivity index (χ1n) is 18.5. The Morgan fingerprint density at radius 2 is 1.72 bits per heavy atom. The van der Waals surface area contributed by atoms with Crippen LogP contribution in [0.3, 0.4) is 0 Å². The normalized spacial score (nSPS) is 16.8. The van der Waals surface area contributed by atoms with Crippen molar-refractivity contribution in [3.63, 3.8) is 0 Å². The standard InChI is InChI=1S/C40H63N7O6/c1-27-15-14-18-29(43-27)24-47-31(23-41-36(47)51)34(39(5,6)7)35(50)44-30(21-28-16-12-11-13-17-28)32(48)25-46(20-19-38(2,3)4)45-33(49)22-40(8,9)26-42-37(52)53-10/h11-18,30-32,34,48H,19-26H2,1-10H3,(H,41,51)(H,42,52)(H,44,50)(H,45,49). The van der Waals surface area contributed by atoms with Crippen LogP contribution in [0, 0.1) is 29.1 Å². The molecule has 0 bridgehead atoms. The van der Waals surface area contributed by atoms with E-state index in [9.17, 15) is 24.3 Å². The molecule has 4 unspecified atom stereocenters. The van der Waals surface area contributed by atoms with Crippen LogP contribution in [0.25, 0.3) is 0 Å². The molecule has 0 radical (unpaired) electrons. The minimum Gasteiger partial charge on any atom is -0.453 e. The molecular weight excluding hydrogens is 674 g/mol. The third-order valence-electron chi connectivity index (χ3n) is 9.45. The molecule has 0 spiro atoms. The van der Waals surface area contributed by atoms with Gasteiger partial charge in [-0.25, -0.2) is 14.6 Å². The van der Waals surface area contributed by atoms with Crippen molar-refractivity contribution in [2.75, 3.05) is 33.3 Å². The van der Waals surface area contributed by atoms with Crippen molar-refractivity contribution in [2.24, 2.45) is 22.2 Å². The monoisotopic (exact) mass is 737 g/mol. The van der Waals surface area contributed by atoms with Crippen molar-refractivity contribution in [1.29, 1.82) is 0 Å². The molecule has 2 heterocycles. The zero-order valence-electron chi connectivity index (χ0n) is 33.4. The van der Waals surface area contributed by atoms with E-state index in [1.807, 2.05) is 90.1 Å². The summed E-state index contributed by atoms with van der Waals surface area (Å²) in [6.45, 7) is 19.2. The SMILES string of the molecule is COC(=O)NCC(C)(C)CC(=O)NN(CCC(C)(C)C)CC(O)C(Cc1ccccc1)NC(=O)C(C1CNC(=O)N1Cc1cccc(C)n1)C(C)(C)C. The number of urea groups is 1. The van der Waals surface area contributed by atoms with Crippen molar-refractivity contribution in [2.45, 2.75) is 106 Å². The Kier molecular flexibility index (Phi) is 15.2. The Balaban J connectivity index is 1.87. The van der Waals surface area contributed by atoms with Crippen LogP contribution >= 0.6 is 0 Å². The smallest absolute Gasteiger partial charge is 0.406 e. The van der Waals surface area contributed by atoms with Crippen molar-refractivity contribution >= 4 is 23.9 Å². The molecule has 0 saturated carbocycles. The number of aliphatic hydroxyl groups is 1. The number of carbonyl (C=O) groups excluding carboxylic acids is 4. The number of nitrogens with zero attached hydrogens (tertiary/aromatic N) is 3. The average molecular weight is 738 g/mol. The van der Waals surface area contributed by atoms with Gasteiger partial charge in [0.25, 0.3) is 0 Å². The summed E-state index contributed by atoms with van der Waals surface area (Å²) in [7, 11) is 1.29. The number of rotatable bonds is 17. The summed E-state index contributed by atoms with van der Waals surface area (Å²) < 4.78 is 4.68. The second-order valence-corrected chi connectivity index (χ2v) is 17.3. The second kappa shape index (κ2) is 18.7. The number of nitrogens with one attached hydrogen (secondary N) is 4. The average Bonchev–Trinajstić information content (AvgIpc) is 3.39. The lowest BCUT2D eigenvalue weighted by Gasteiger charge is -2.39. The minimum atomic E-state index is -1.08. The van der Waals surface area contributed by atoms with Crippen LogP contribution in [0.5, 0.6) is 0 Å². The summed E-state index contributed by atoms with van der Waals surface area (Å²) in [5.41, 5.74) is 4.33. The molecule has 294 valence electrons. The summed E-state index contributed by atoms with van der Waals surface area (Å²) in [6, 6.07) is 13.9. The molecule has 1 aromatic carbocycles. The quantitative estimate of drug-likeness (QED) is 0.147. The highest BCUT2D eigenvalue weighted by Gasteiger charge is 2.46. The van der Waals surface area contributed by atoms with Gasteiger partial charge in [0, 0.05) is 38.3 Å². The van der Waals surface area contributed by atoms with Crippen LogP contribution < -0.4 is 21.4 Å². The highest BCUT2D eigenvalue weighted by atomic mass is 16.5. The molecule has 3 rings (SSSR count). The highest BCUT2D eigenvalue weighted by Crippen LogP contribution is 2.34. The number of hydrogen-bond donors (Lipinski definition) is 5. The molecule has 0 aliphatic carbocycles. The van der Waals surface area contributed by atoms with E-state index >= 15 is 0 Å². The maximum absolute atomic E-state index is 14.5. The molecule has 5 N–H and O–H groups in total. The molecule has 1 fully saturated rings. The van der Waals surface area contributed by atoms with Crippen LogP contribution in [0.2, 0.25) is 0 Å².